The monoisotopic (exact) mass is 517 g/mol. The van der Waals surface area contributed by atoms with Gasteiger partial charge in [0.15, 0.2) is 5.78 Å². The third kappa shape index (κ3) is 6.04. The van der Waals surface area contributed by atoms with Gasteiger partial charge < -0.3 is 15.2 Å². The van der Waals surface area contributed by atoms with E-state index >= 15 is 0 Å². The van der Waals surface area contributed by atoms with E-state index in [1.165, 1.54) is 6.07 Å². The lowest BCUT2D eigenvalue weighted by atomic mass is 9.84. The second-order valence-electron chi connectivity index (χ2n) is 9.31. The first-order valence-electron chi connectivity index (χ1n) is 10.5. The Morgan fingerprint density at radius 3 is 2.06 bits per heavy atom. The summed E-state index contributed by atoms with van der Waals surface area (Å²) < 4.78 is 83.9. The number of rotatable bonds is 6. The summed E-state index contributed by atoms with van der Waals surface area (Å²) in [5.41, 5.74) is -4.82. The zero-order valence-corrected chi connectivity index (χ0v) is 19.5. The number of alkyl halides is 6. The first kappa shape index (κ1) is 28.4. The van der Waals surface area contributed by atoms with Crippen molar-refractivity contribution in [2.75, 3.05) is 13.2 Å². The molecule has 1 aliphatic heterocycles. The van der Waals surface area contributed by atoms with E-state index in [4.69, 9.17) is 16.3 Å². The Labute approximate surface area is 197 Å². The highest BCUT2D eigenvalue weighted by Crippen LogP contribution is 2.43. The van der Waals surface area contributed by atoms with Crippen LogP contribution in [-0.4, -0.2) is 54.0 Å². The number of ketones is 1. The second kappa shape index (κ2) is 10.0. The Kier molecular flexibility index (Phi) is 8.37. The summed E-state index contributed by atoms with van der Waals surface area (Å²) in [6, 6.07) is 3.05. The molecule has 0 unspecified atom stereocenters. The van der Waals surface area contributed by atoms with Gasteiger partial charge in [-0.15, -0.1) is 0 Å². The number of carbonyl (C=O) groups is 2. The van der Waals surface area contributed by atoms with Crippen LogP contribution in [0.5, 0.6) is 0 Å². The lowest BCUT2D eigenvalue weighted by molar-refractivity contribution is -0.350. The number of hydrogen-bond acceptors (Lipinski definition) is 4. The number of halogens is 7. The minimum absolute atomic E-state index is 0.110. The number of Topliss-reactive ketones (excluding diaryl/α,β-unsaturated/α-hetero) is 1. The summed E-state index contributed by atoms with van der Waals surface area (Å²) in [6.45, 7) is 5.97. The Bertz CT molecular complexity index is 890. The lowest BCUT2D eigenvalue weighted by Crippen LogP contribution is -2.68. The van der Waals surface area contributed by atoms with E-state index in [9.17, 15) is 41.0 Å². The van der Waals surface area contributed by atoms with E-state index in [-0.39, 0.29) is 31.5 Å². The predicted molar refractivity (Wildman–Crippen MR) is 111 cm³/mol. The molecule has 1 saturated heterocycles. The molecule has 5 nitrogen and oxygen atoms in total. The van der Waals surface area contributed by atoms with E-state index in [0.717, 1.165) is 5.56 Å². The average molecular weight is 518 g/mol. The van der Waals surface area contributed by atoms with E-state index in [1.54, 1.807) is 17.4 Å². The van der Waals surface area contributed by atoms with E-state index in [1.807, 2.05) is 20.8 Å². The summed E-state index contributed by atoms with van der Waals surface area (Å²) in [4.78, 5) is 25.2. The van der Waals surface area contributed by atoms with Gasteiger partial charge in [0, 0.05) is 24.7 Å². The van der Waals surface area contributed by atoms with Crippen LogP contribution in [0.25, 0.3) is 0 Å². The topological polar surface area (TPSA) is 75.6 Å². The molecular weight excluding hydrogens is 492 g/mol. The van der Waals surface area contributed by atoms with E-state index in [0.29, 0.717) is 10.6 Å². The van der Waals surface area contributed by atoms with Gasteiger partial charge in [-0.25, -0.2) is 0 Å². The number of ether oxygens (including phenoxy) is 1. The molecule has 1 atom stereocenters. The minimum Gasteiger partial charge on any atom is -0.381 e. The highest BCUT2D eigenvalue weighted by Gasteiger charge is 2.75. The fourth-order valence-electron chi connectivity index (χ4n) is 3.76. The summed E-state index contributed by atoms with van der Waals surface area (Å²) in [6.07, 6.45) is -12.9. The fraction of sp³-hybridized carbons (Fsp3) is 0.636. The summed E-state index contributed by atoms with van der Waals surface area (Å²) >= 11 is 6.29. The zero-order chi connectivity index (χ0) is 26.1. The van der Waals surface area contributed by atoms with Gasteiger partial charge in [-0.1, -0.05) is 44.5 Å². The standard InChI is InChI=1S/C22H26ClF6NO4/c1-19(2,3)14-5-4-12(10-15(14)23)11-16(31)17(13-6-8-34-9-7-13)30-18(32)20(33,21(24,25)26)22(27,28)29/h4-5,10,13,17,33H,6-9,11H2,1-3H3,(H,30,32)/t17-/m1/s1. The molecule has 0 saturated carbocycles. The number of hydrogen-bond donors (Lipinski definition) is 2. The second-order valence-corrected chi connectivity index (χ2v) is 9.72. The van der Waals surface area contributed by atoms with Crippen molar-refractivity contribution in [2.45, 2.75) is 69.4 Å². The van der Waals surface area contributed by atoms with E-state index in [2.05, 4.69) is 0 Å². The molecular formula is C22H26ClF6NO4. The Morgan fingerprint density at radius 1 is 1.09 bits per heavy atom. The third-order valence-corrected chi connectivity index (χ3v) is 6.05. The Morgan fingerprint density at radius 2 is 1.62 bits per heavy atom. The van der Waals surface area contributed by atoms with Crippen LogP contribution in [-0.2, 0) is 26.2 Å². The predicted octanol–water partition coefficient (Wildman–Crippen LogP) is 4.52. The van der Waals surface area contributed by atoms with Crippen molar-refractivity contribution in [3.05, 3.63) is 34.3 Å². The number of aliphatic hydroxyl groups is 1. The molecule has 1 aromatic carbocycles. The Balaban J connectivity index is 2.35. The number of carbonyl (C=O) groups excluding carboxylic acids is 2. The summed E-state index contributed by atoms with van der Waals surface area (Å²) in [5.74, 6) is -4.34. The van der Waals surface area contributed by atoms with Crippen molar-refractivity contribution in [3.8, 4) is 0 Å². The molecule has 0 aromatic heterocycles. The molecule has 2 rings (SSSR count). The number of nitrogens with one attached hydrogen (secondary N) is 1. The first-order valence-corrected chi connectivity index (χ1v) is 10.8. The summed E-state index contributed by atoms with van der Waals surface area (Å²) in [7, 11) is 0. The average Bonchev–Trinajstić information content (AvgIpc) is 2.69. The molecule has 34 heavy (non-hydrogen) atoms. The van der Waals surface area contributed by atoms with Gasteiger partial charge >= 0.3 is 18.0 Å². The Hall–Kier alpha value is -1.85. The first-order chi connectivity index (χ1) is 15.4. The van der Waals surface area contributed by atoms with Crippen molar-refractivity contribution in [1.29, 1.82) is 0 Å². The smallest absolute Gasteiger partial charge is 0.381 e. The molecule has 12 heteroatoms. The largest absolute Gasteiger partial charge is 0.435 e. The van der Waals surface area contributed by atoms with Gasteiger partial charge in [0.2, 0.25) is 0 Å². The van der Waals surface area contributed by atoms with E-state index < -0.39 is 48.0 Å². The molecule has 1 aromatic rings. The summed E-state index contributed by atoms with van der Waals surface area (Å²) in [5, 5.41) is 11.3. The van der Waals surface area contributed by atoms with Crippen LogP contribution >= 0.6 is 11.6 Å². The molecule has 1 amide bonds. The highest BCUT2D eigenvalue weighted by atomic mass is 35.5. The molecule has 0 radical (unpaired) electrons. The lowest BCUT2D eigenvalue weighted by Gasteiger charge is -2.35. The maximum absolute atomic E-state index is 13.1. The normalized spacial score (nSPS) is 17.4. The van der Waals surface area contributed by atoms with Crippen LogP contribution in [0.4, 0.5) is 26.3 Å². The van der Waals surface area contributed by atoms with Gasteiger partial charge in [0.05, 0.1) is 6.04 Å². The van der Waals surface area contributed by atoms with Crippen molar-refractivity contribution in [1.82, 2.24) is 5.32 Å². The number of benzene rings is 1. The van der Waals surface area contributed by atoms with Crippen molar-refractivity contribution in [3.63, 3.8) is 0 Å². The quantitative estimate of drug-likeness (QED) is 0.544. The van der Waals surface area contributed by atoms with Gasteiger partial charge in [0.25, 0.3) is 5.91 Å². The van der Waals surface area contributed by atoms with Crippen molar-refractivity contribution in [2.24, 2.45) is 5.92 Å². The van der Waals surface area contributed by atoms with Gasteiger partial charge in [0.1, 0.15) is 0 Å². The molecule has 0 bridgehead atoms. The van der Waals surface area contributed by atoms with Crippen LogP contribution in [0.15, 0.2) is 18.2 Å². The molecule has 0 aliphatic carbocycles. The van der Waals surface area contributed by atoms with Crippen LogP contribution in [0, 0.1) is 5.92 Å². The van der Waals surface area contributed by atoms with Gasteiger partial charge in [-0.3, -0.25) is 9.59 Å². The van der Waals surface area contributed by atoms with Crippen molar-refractivity contribution < 1.29 is 45.8 Å². The molecule has 2 N–H and O–H groups in total. The SMILES string of the molecule is CC(C)(C)c1ccc(CC(=O)[C@H](NC(=O)C(O)(C(F)(F)F)C(F)(F)F)C2CCOCC2)cc1Cl. The minimum atomic E-state index is -6.35. The zero-order valence-electron chi connectivity index (χ0n) is 18.7. The molecule has 192 valence electrons. The molecule has 0 spiro atoms. The molecule has 1 fully saturated rings. The fourth-order valence-corrected chi connectivity index (χ4v) is 4.25. The molecule has 1 aliphatic rings. The van der Waals surface area contributed by atoms with Crippen LogP contribution in [0.3, 0.4) is 0 Å². The number of amides is 1. The van der Waals surface area contributed by atoms with Crippen LogP contribution in [0.1, 0.15) is 44.7 Å². The molecule has 1 heterocycles. The van der Waals surface area contributed by atoms with Crippen molar-refractivity contribution >= 4 is 23.3 Å². The van der Waals surface area contributed by atoms with Gasteiger partial charge in [-0.2, -0.15) is 26.3 Å². The maximum Gasteiger partial charge on any atom is 0.435 e. The third-order valence-electron chi connectivity index (χ3n) is 5.74. The van der Waals surface area contributed by atoms with Crippen LogP contribution < -0.4 is 5.32 Å². The van der Waals surface area contributed by atoms with Crippen LogP contribution in [0.2, 0.25) is 5.02 Å². The highest BCUT2D eigenvalue weighted by molar-refractivity contribution is 6.31. The van der Waals surface area contributed by atoms with Gasteiger partial charge in [-0.05, 0) is 41.4 Å². The maximum atomic E-state index is 13.1.